The van der Waals surface area contributed by atoms with Gasteiger partial charge in [0.2, 0.25) is 0 Å². The van der Waals surface area contributed by atoms with Gasteiger partial charge in [-0.1, -0.05) is 97.1 Å². The van der Waals surface area contributed by atoms with E-state index in [0.29, 0.717) is 11.4 Å². The van der Waals surface area contributed by atoms with Gasteiger partial charge < -0.3 is 8.83 Å². The molecule has 0 atom stereocenters. The van der Waals surface area contributed by atoms with E-state index in [0.717, 1.165) is 88.3 Å². The molecule has 10 aromatic rings. The van der Waals surface area contributed by atoms with Crippen molar-refractivity contribution in [1.82, 2.24) is 9.97 Å². The summed E-state index contributed by atoms with van der Waals surface area (Å²) >= 11 is 0. The zero-order chi connectivity index (χ0) is 32.5. The van der Waals surface area contributed by atoms with Crippen LogP contribution in [0.15, 0.2) is 160 Å². The molecule has 49 heavy (non-hydrogen) atoms. The third-order valence-corrected chi connectivity index (χ3v) is 9.37. The van der Waals surface area contributed by atoms with Gasteiger partial charge in [-0.05, 0) is 71.1 Å². The highest BCUT2D eigenvalue weighted by molar-refractivity contribution is 6.20. The van der Waals surface area contributed by atoms with Crippen LogP contribution in [0.3, 0.4) is 0 Å². The fraction of sp³-hybridized carbons (Fsp3) is 0. The molecular formula is C44H25FN2O2. The van der Waals surface area contributed by atoms with Gasteiger partial charge in [-0.2, -0.15) is 0 Å². The van der Waals surface area contributed by atoms with Crippen molar-refractivity contribution in [2.75, 3.05) is 0 Å². The number of furan rings is 2. The summed E-state index contributed by atoms with van der Waals surface area (Å²) in [6, 6.07) is 49.6. The summed E-state index contributed by atoms with van der Waals surface area (Å²) in [5.41, 5.74) is 9.53. The number of benzene rings is 7. The van der Waals surface area contributed by atoms with Gasteiger partial charge >= 0.3 is 0 Å². The van der Waals surface area contributed by atoms with Crippen molar-refractivity contribution in [1.29, 1.82) is 0 Å². The third kappa shape index (κ3) is 4.44. The lowest BCUT2D eigenvalue weighted by molar-refractivity contribution is 0.628. The quantitative estimate of drug-likeness (QED) is 0.194. The highest BCUT2D eigenvalue weighted by Gasteiger charge is 2.20. The molecule has 0 saturated carbocycles. The van der Waals surface area contributed by atoms with E-state index in [2.05, 4.69) is 54.6 Å². The van der Waals surface area contributed by atoms with Crippen molar-refractivity contribution in [2.45, 2.75) is 0 Å². The normalized spacial score (nSPS) is 11.8. The van der Waals surface area contributed by atoms with Gasteiger partial charge in [-0.3, -0.25) is 0 Å². The van der Waals surface area contributed by atoms with E-state index in [4.69, 9.17) is 18.8 Å². The van der Waals surface area contributed by atoms with Crippen molar-refractivity contribution >= 4 is 54.6 Å². The molecule has 0 amide bonds. The maximum Gasteiger partial charge on any atom is 0.164 e. The van der Waals surface area contributed by atoms with Crippen molar-refractivity contribution in [2.24, 2.45) is 0 Å². The lowest BCUT2D eigenvalue weighted by Gasteiger charge is -2.10. The molecule has 10 rings (SSSR count). The molecule has 7 aromatic carbocycles. The van der Waals surface area contributed by atoms with Crippen LogP contribution in [0.1, 0.15) is 0 Å². The molecule has 0 fully saturated rings. The molecule has 0 aliphatic carbocycles. The third-order valence-electron chi connectivity index (χ3n) is 9.37. The molecule has 0 radical (unpaired) electrons. The summed E-state index contributed by atoms with van der Waals surface area (Å²) in [5, 5.41) is 6.07. The van der Waals surface area contributed by atoms with Crippen LogP contribution in [0.5, 0.6) is 0 Å². The molecule has 0 aliphatic rings. The molecule has 3 heterocycles. The minimum absolute atomic E-state index is 0.261. The van der Waals surface area contributed by atoms with Crippen LogP contribution in [-0.4, -0.2) is 9.97 Å². The monoisotopic (exact) mass is 632 g/mol. The van der Waals surface area contributed by atoms with E-state index in [9.17, 15) is 4.39 Å². The van der Waals surface area contributed by atoms with Crippen LogP contribution in [0.2, 0.25) is 0 Å². The summed E-state index contributed by atoms with van der Waals surface area (Å²) in [6.07, 6.45) is 0. The maximum absolute atomic E-state index is 13.9. The second kappa shape index (κ2) is 10.7. The van der Waals surface area contributed by atoms with Crippen molar-refractivity contribution < 1.29 is 13.2 Å². The van der Waals surface area contributed by atoms with Gasteiger partial charge in [0.25, 0.3) is 0 Å². The second-order valence-electron chi connectivity index (χ2n) is 12.3. The van der Waals surface area contributed by atoms with Gasteiger partial charge in [0, 0.05) is 38.1 Å². The standard InChI is InChI=1S/C44H25FN2O2/c45-29-20-17-26(18-21-29)35-24-37-33-14-8-15-34(42(33)49-43(37)32-13-5-4-11-30(32)35)44-46-38(27-9-2-1-3-10-27)25-39(47-44)28-19-22-41-36(23-28)31-12-6-7-16-40(31)48-41/h1-25H. The van der Waals surface area contributed by atoms with Crippen molar-refractivity contribution in [3.05, 3.63) is 157 Å². The SMILES string of the molecule is Fc1ccc(-c2cc3c4cccc(-c5nc(-c6ccccc6)cc(-c6ccc7oc8ccccc8c7c6)n5)c4oc3c3ccccc23)cc1. The van der Waals surface area contributed by atoms with Crippen LogP contribution in [0.4, 0.5) is 4.39 Å². The van der Waals surface area contributed by atoms with Crippen LogP contribution >= 0.6 is 0 Å². The second-order valence-corrected chi connectivity index (χ2v) is 12.3. The van der Waals surface area contributed by atoms with Gasteiger partial charge in [-0.15, -0.1) is 0 Å². The molecule has 4 nitrogen and oxygen atoms in total. The zero-order valence-electron chi connectivity index (χ0n) is 26.0. The van der Waals surface area contributed by atoms with E-state index < -0.39 is 0 Å². The largest absolute Gasteiger partial charge is 0.456 e. The summed E-state index contributed by atoms with van der Waals surface area (Å²) < 4.78 is 26.8. The fourth-order valence-corrected chi connectivity index (χ4v) is 7.02. The Hall–Kier alpha value is -6.59. The number of para-hydroxylation sites is 2. The number of halogens is 1. The van der Waals surface area contributed by atoms with Gasteiger partial charge in [0.05, 0.1) is 17.0 Å². The average Bonchev–Trinajstić information content (AvgIpc) is 3.73. The Kier molecular flexibility index (Phi) is 6.02. The Morgan fingerprint density at radius 3 is 1.88 bits per heavy atom. The first-order valence-corrected chi connectivity index (χ1v) is 16.2. The molecule has 0 bridgehead atoms. The molecule has 0 aliphatic heterocycles. The number of nitrogens with zero attached hydrogens (tertiary/aromatic N) is 2. The Morgan fingerprint density at radius 1 is 0.388 bits per heavy atom. The lowest BCUT2D eigenvalue weighted by Crippen LogP contribution is -1.96. The van der Waals surface area contributed by atoms with Crippen LogP contribution in [0, 0.1) is 5.82 Å². The van der Waals surface area contributed by atoms with Crippen molar-refractivity contribution in [3.63, 3.8) is 0 Å². The number of hydrogen-bond acceptors (Lipinski definition) is 4. The number of fused-ring (bicyclic) bond motifs is 8. The van der Waals surface area contributed by atoms with E-state index in [1.54, 1.807) is 0 Å². The summed E-state index contributed by atoms with van der Waals surface area (Å²) in [6.45, 7) is 0. The van der Waals surface area contributed by atoms with Crippen LogP contribution in [0.25, 0.3) is 99.7 Å². The Labute approximate surface area is 279 Å². The predicted octanol–water partition coefficient (Wildman–Crippen LogP) is 12.2. The first kappa shape index (κ1) is 27.5. The van der Waals surface area contributed by atoms with Gasteiger partial charge in [0.15, 0.2) is 5.82 Å². The molecule has 0 N–H and O–H groups in total. The smallest absolute Gasteiger partial charge is 0.164 e. The zero-order valence-corrected chi connectivity index (χ0v) is 26.0. The number of aromatic nitrogens is 2. The molecule has 0 spiro atoms. The summed E-state index contributed by atoms with van der Waals surface area (Å²) in [5.74, 6) is 0.309. The van der Waals surface area contributed by atoms with E-state index in [1.807, 2.05) is 84.9 Å². The molecule has 0 unspecified atom stereocenters. The molecule has 3 aromatic heterocycles. The van der Waals surface area contributed by atoms with Gasteiger partial charge in [0.1, 0.15) is 28.1 Å². The van der Waals surface area contributed by atoms with Crippen LogP contribution < -0.4 is 0 Å². The highest BCUT2D eigenvalue weighted by Crippen LogP contribution is 2.42. The summed E-state index contributed by atoms with van der Waals surface area (Å²) in [4.78, 5) is 10.3. The Bertz CT molecular complexity index is 2890. The van der Waals surface area contributed by atoms with Gasteiger partial charge in [-0.25, -0.2) is 14.4 Å². The summed E-state index contributed by atoms with van der Waals surface area (Å²) in [7, 11) is 0. The number of hydrogen-bond donors (Lipinski definition) is 0. The van der Waals surface area contributed by atoms with E-state index in [1.165, 1.54) is 12.1 Å². The predicted molar refractivity (Wildman–Crippen MR) is 196 cm³/mol. The van der Waals surface area contributed by atoms with E-state index in [-0.39, 0.29) is 5.82 Å². The maximum atomic E-state index is 13.9. The minimum Gasteiger partial charge on any atom is -0.456 e. The highest BCUT2D eigenvalue weighted by atomic mass is 19.1. The van der Waals surface area contributed by atoms with Crippen LogP contribution in [-0.2, 0) is 0 Å². The fourth-order valence-electron chi connectivity index (χ4n) is 7.02. The van der Waals surface area contributed by atoms with E-state index >= 15 is 0 Å². The molecular weight excluding hydrogens is 607 g/mol. The topological polar surface area (TPSA) is 52.1 Å². The molecule has 230 valence electrons. The lowest BCUT2D eigenvalue weighted by atomic mass is 9.95. The minimum atomic E-state index is -0.261. The first-order valence-electron chi connectivity index (χ1n) is 16.2. The Balaban J connectivity index is 1.22. The number of rotatable bonds is 4. The van der Waals surface area contributed by atoms with Crippen molar-refractivity contribution in [3.8, 4) is 45.0 Å². The average molecular weight is 633 g/mol. The first-order chi connectivity index (χ1) is 24.2. The Morgan fingerprint density at radius 2 is 1.04 bits per heavy atom. The molecule has 0 saturated heterocycles. The molecule has 5 heteroatoms.